The topological polar surface area (TPSA) is 47.8 Å². The number of rotatable bonds is 6. The summed E-state index contributed by atoms with van der Waals surface area (Å²) in [4.78, 5) is 24.6. The minimum absolute atomic E-state index is 0.0709. The van der Waals surface area contributed by atoms with E-state index in [1.54, 1.807) is 17.5 Å². The molecule has 0 unspecified atom stereocenters. The highest BCUT2D eigenvalue weighted by Gasteiger charge is 2.25. The van der Waals surface area contributed by atoms with E-state index in [0.29, 0.717) is 22.3 Å². The molecule has 140 valence electrons. The molecule has 0 aliphatic rings. The molecule has 0 saturated carbocycles. The third-order valence-corrected chi connectivity index (χ3v) is 5.31. The third kappa shape index (κ3) is 3.27. The summed E-state index contributed by atoms with van der Waals surface area (Å²) >= 11 is 0. The maximum atomic E-state index is 12.7. The first-order valence-corrected chi connectivity index (χ1v) is 9.30. The maximum absolute atomic E-state index is 12.7. The van der Waals surface area contributed by atoms with Crippen LogP contribution in [-0.2, 0) is 10.2 Å². The van der Waals surface area contributed by atoms with Gasteiger partial charge in [-0.3, -0.25) is 4.79 Å². The van der Waals surface area contributed by atoms with Gasteiger partial charge in [0, 0.05) is 11.8 Å². The molecule has 27 heavy (non-hydrogen) atoms. The van der Waals surface area contributed by atoms with Crippen LogP contribution in [0.5, 0.6) is 0 Å². The van der Waals surface area contributed by atoms with Crippen LogP contribution in [0.3, 0.4) is 0 Å². The molecule has 4 heteroatoms. The Balaban J connectivity index is 2.25. The van der Waals surface area contributed by atoms with Gasteiger partial charge in [-0.25, -0.2) is 4.79 Å². The summed E-state index contributed by atoms with van der Waals surface area (Å²) in [6.07, 6.45) is 3.62. The van der Waals surface area contributed by atoms with E-state index < -0.39 is 5.97 Å². The highest BCUT2D eigenvalue weighted by atomic mass is 16.5. The van der Waals surface area contributed by atoms with Crippen LogP contribution in [0.1, 0.15) is 60.5 Å². The van der Waals surface area contributed by atoms with Crippen molar-refractivity contribution in [2.45, 2.75) is 39.5 Å². The summed E-state index contributed by atoms with van der Waals surface area (Å²) in [7, 11) is 0. The number of aldehydes is 1. The van der Waals surface area contributed by atoms with Crippen LogP contribution < -0.4 is 0 Å². The number of carbonyl (C=O) groups is 2. The van der Waals surface area contributed by atoms with E-state index in [2.05, 4.69) is 32.9 Å². The van der Waals surface area contributed by atoms with Gasteiger partial charge in [0.05, 0.1) is 23.4 Å². The molecule has 0 spiro atoms. The van der Waals surface area contributed by atoms with E-state index in [0.717, 1.165) is 18.3 Å². The van der Waals surface area contributed by atoms with Gasteiger partial charge in [-0.05, 0) is 42.0 Å². The van der Waals surface area contributed by atoms with Crippen molar-refractivity contribution in [3.8, 4) is 11.1 Å². The molecule has 2 heterocycles. The summed E-state index contributed by atoms with van der Waals surface area (Å²) in [5, 5.41) is 0. The second-order valence-electron chi connectivity index (χ2n) is 7.24. The molecule has 0 atom stereocenters. The van der Waals surface area contributed by atoms with Crippen LogP contribution in [0.15, 0.2) is 48.7 Å². The molecule has 0 saturated heterocycles. The molecule has 0 fully saturated rings. The Labute approximate surface area is 159 Å². The monoisotopic (exact) mass is 363 g/mol. The molecule has 0 aliphatic carbocycles. The Hall–Kier alpha value is -2.88. The third-order valence-electron chi connectivity index (χ3n) is 5.31. The largest absolute Gasteiger partial charge is 0.462 e. The lowest BCUT2D eigenvalue weighted by Crippen LogP contribution is -2.15. The highest BCUT2D eigenvalue weighted by molar-refractivity contribution is 6.09. The molecular weight excluding hydrogens is 338 g/mol. The van der Waals surface area contributed by atoms with E-state index in [9.17, 15) is 9.59 Å². The molecule has 0 bridgehead atoms. The Morgan fingerprint density at radius 2 is 1.81 bits per heavy atom. The summed E-state index contributed by atoms with van der Waals surface area (Å²) in [5.41, 5.74) is 4.31. The van der Waals surface area contributed by atoms with Crippen molar-refractivity contribution >= 4 is 17.8 Å². The lowest BCUT2D eigenvalue weighted by molar-refractivity contribution is 0.0529. The molecule has 4 nitrogen and oxygen atoms in total. The lowest BCUT2D eigenvalue weighted by Gasteiger charge is -2.23. The molecule has 3 aromatic rings. The summed E-state index contributed by atoms with van der Waals surface area (Å²) in [6, 6.07) is 13.6. The standard InChI is InChI=1S/C23H25NO3/c1-5-23(3,4)17-12-10-16(11-13-17)20-19(15-25)24-14-8-7-9-18(24)21(20)22(26)27-6-2/h7-15H,5-6H2,1-4H3. The van der Waals surface area contributed by atoms with Crippen molar-refractivity contribution in [1.82, 2.24) is 4.40 Å². The zero-order valence-corrected chi connectivity index (χ0v) is 16.3. The predicted molar refractivity (Wildman–Crippen MR) is 107 cm³/mol. The van der Waals surface area contributed by atoms with Crippen molar-refractivity contribution in [3.05, 3.63) is 65.5 Å². The van der Waals surface area contributed by atoms with Crippen LogP contribution in [0, 0.1) is 0 Å². The first-order valence-electron chi connectivity index (χ1n) is 9.30. The Bertz CT molecular complexity index is 981. The number of carbonyl (C=O) groups excluding carboxylic acids is 2. The number of nitrogens with zero attached hydrogens (tertiary/aromatic N) is 1. The van der Waals surface area contributed by atoms with Crippen LogP contribution >= 0.6 is 0 Å². The number of hydrogen-bond donors (Lipinski definition) is 0. The summed E-state index contributed by atoms with van der Waals surface area (Å²) in [5.74, 6) is -0.415. The van der Waals surface area contributed by atoms with E-state index in [-0.39, 0.29) is 12.0 Å². The number of aromatic nitrogens is 1. The van der Waals surface area contributed by atoms with Gasteiger partial charge in [-0.1, -0.05) is 51.1 Å². The molecule has 0 amide bonds. The van der Waals surface area contributed by atoms with E-state index in [1.807, 2.05) is 30.3 Å². The van der Waals surface area contributed by atoms with Gasteiger partial charge >= 0.3 is 5.97 Å². The van der Waals surface area contributed by atoms with Crippen molar-refractivity contribution in [3.63, 3.8) is 0 Å². The molecular formula is C23H25NO3. The molecule has 0 radical (unpaired) electrons. The number of hydrogen-bond acceptors (Lipinski definition) is 3. The number of ether oxygens (including phenoxy) is 1. The van der Waals surface area contributed by atoms with Crippen molar-refractivity contribution < 1.29 is 14.3 Å². The second kappa shape index (κ2) is 7.39. The maximum Gasteiger partial charge on any atom is 0.340 e. The van der Waals surface area contributed by atoms with Crippen molar-refractivity contribution in [1.29, 1.82) is 0 Å². The zero-order valence-electron chi connectivity index (χ0n) is 16.3. The molecule has 3 rings (SSSR count). The van der Waals surface area contributed by atoms with Crippen LogP contribution in [0.4, 0.5) is 0 Å². The normalized spacial score (nSPS) is 11.6. The first-order chi connectivity index (χ1) is 12.9. The van der Waals surface area contributed by atoms with Crippen molar-refractivity contribution in [2.24, 2.45) is 0 Å². The predicted octanol–water partition coefficient (Wildman–Crippen LogP) is 5.28. The van der Waals surface area contributed by atoms with Gasteiger partial charge in [-0.15, -0.1) is 0 Å². The lowest BCUT2D eigenvalue weighted by atomic mass is 9.81. The smallest absolute Gasteiger partial charge is 0.340 e. The fourth-order valence-electron chi connectivity index (χ4n) is 3.34. The molecule has 1 aromatic carbocycles. The fourth-order valence-corrected chi connectivity index (χ4v) is 3.34. The van der Waals surface area contributed by atoms with Gasteiger partial charge in [0.2, 0.25) is 0 Å². The van der Waals surface area contributed by atoms with Crippen LogP contribution in [-0.4, -0.2) is 23.3 Å². The van der Waals surface area contributed by atoms with Gasteiger partial charge in [0.15, 0.2) is 6.29 Å². The minimum atomic E-state index is -0.415. The summed E-state index contributed by atoms with van der Waals surface area (Å²) < 4.78 is 7.03. The van der Waals surface area contributed by atoms with E-state index >= 15 is 0 Å². The fraction of sp³-hybridized carbons (Fsp3) is 0.304. The number of pyridine rings is 1. The molecule has 0 aliphatic heterocycles. The van der Waals surface area contributed by atoms with Gasteiger partial charge < -0.3 is 9.14 Å². The zero-order chi connectivity index (χ0) is 19.6. The highest BCUT2D eigenvalue weighted by Crippen LogP contribution is 2.35. The Kier molecular flexibility index (Phi) is 5.17. The average Bonchev–Trinajstić information content (AvgIpc) is 3.02. The number of fused-ring (bicyclic) bond motifs is 1. The SMILES string of the molecule is CCOC(=O)c1c(-c2ccc(C(C)(C)CC)cc2)c(C=O)n2ccccc12. The average molecular weight is 363 g/mol. The van der Waals surface area contributed by atoms with Crippen LogP contribution in [0.25, 0.3) is 16.6 Å². The first kappa shape index (κ1) is 18.9. The quantitative estimate of drug-likeness (QED) is 0.442. The summed E-state index contributed by atoms with van der Waals surface area (Å²) in [6.45, 7) is 8.63. The van der Waals surface area contributed by atoms with E-state index in [4.69, 9.17) is 4.74 Å². The number of esters is 1. The second-order valence-corrected chi connectivity index (χ2v) is 7.24. The number of benzene rings is 1. The molecule has 0 N–H and O–H groups in total. The van der Waals surface area contributed by atoms with Crippen LogP contribution in [0.2, 0.25) is 0 Å². The van der Waals surface area contributed by atoms with Gasteiger partial charge in [0.25, 0.3) is 0 Å². The van der Waals surface area contributed by atoms with E-state index in [1.165, 1.54) is 5.56 Å². The van der Waals surface area contributed by atoms with Gasteiger partial charge in [0.1, 0.15) is 0 Å². The van der Waals surface area contributed by atoms with Crippen molar-refractivity contribution in [2.75, 3.05) is 6.61 Å². The minimum Gasteiger partial charge on any atom is -0.462 e. The van der Waals surface area contributed by atoms with Gasteiger partial charge in [-0.2, -0.15) is 0 Å². The Morgan fingerprint density at radius 1 is 1.11 bits per heavy atom. The molecule has 2 aromatic heterocycles. The Morgan fingerprint density at radius 3 is 2.41 bits per heavy atom.